The molecule has 0 fully saturated rings. The van der Waals surface area contributed by atoms with E-state index in [1.165, 1.54) is 0 Å². The number of aromatic nitrogens is 2. The molecule has 0 aliphatic heterocycles. The fourth-order valence-electron chi connectivity index (χ4n) is 2.50. The zero-order valence-corrected chi connectivity index (χ0v) is 16.5. The van der Waals surface area contributed by atoms with Gasteiger partial charge in [0.15, 0.2) is 11.4 Å². The lowest BCUT2D eigenvalue weighted by Gasteiger charge is -2.17. The second-order valence-electron chi connectivity index (χ2n) is 5.74. The van der Waals surface area contributed by atoms with Crippen LogP contribution in [0.25, 0.3) is 5.69 Å². The fourth-order valence-corrected chi connectivity index (χ4v) is 2.77. The highest BCUT2D eigenvalue weighted by Crippen LogP contribution is 2.15. The predicted molar refractivity (Wildman–Crippen MR) is 104 cm³/mol. The molecule has 0 saturated heterocycles. The van der Waals surface area contributed by atoms with Crippen LogP contribution in [0.3, 0.4) is 0 Å². The number of carbonyl (C=O) groups excluding carboxylic acids is 1. The van der Waals surface area contributed by atoms with Gasteiger partial charge in [0, 0.05) is 17.1 Å². The van der Waals surface area contributed by atoms with E-state index >= 15 is 0 Å². The maximum absolute atomic E-state index is 12.3. The van der Waals surface area contributed by atoms with E-state index in [-0.39, 0.29) is 5.69 Å². The molecule has 0 aliphatic carbocycles. The largest absolute Gasteiger partial charge is 0.505 e. The normalized spacial score (nSPS) is 10.9. The molecule has 7 nitrogen and oxygen atoms in total. The first-order chi connectivity index (χ1) is 12.5. The fraction of sp³-hybridized carbons (Fsp3) is 0.389. The lowest BCUT2D eigenvalue weighted by Crippen LogP contribution is -2.32. The number of benzene rings is 1. The summed E-state index contributed by atoms with van der Waals surface area (Å²) in [7, 11) is 0. The van der Waals surface area contributed by atoms with Crippen LogP contribution in [0.2, 0.25) is 0 Å². The van der Waals surface area contributed by atoms with E-state index in [1.54, 1.807) is 24.3 Å². The van der Waals surface area contributed by atoms with Crippen LogP contribution in [0.5, 0.6) is 5.75 Å². The van der Waals surface area contributed by atoms with E-state index in [1.807, 2.05) is 0 Å². The molecule has 1 aromatic carbocycles. The van der Waals surface area contributed by atoms with Gasteiger partial charge < -0.3 is 15.3 Å². The van der Waals surface area contributed by atoms with Crippen LogP contribution in [0.4, 0.5) is 0 Å². The summed E-state index contributed by atoms with van der Waals surface area (Å²) in [5, 5.41) is 16.7. The molecule has 2 rings (SSSR count). The van der Waals surface area contributed by atoms with E-state index in [4.69, 9.17) is 0 Å². The number of hydrogen-bond acceptors (Lipinski definition) is 5. The van der Waals surface area contributed by atoms with Crippen molar-refractivity contribution >= 4 is 21.8 Å². The molecule has 0 bridgehead atoms. The molecule has 0 saturated carbocycles. The number of nitrogens with one attached hydrogen (secondary N) is 1. The molecule has 26 heavy (non-hydrogen) atoms. The summed E-state index contributed by atoms with van der Waals surface area (Å²) in [6.07, 6.45) is 0.792. The van der Waals surface area contributed by atoms with Gasteiger partial charge in [-0.25, -0.2) is 0 Å². The molecule has 2 aromatic rings. The molecule has 0 atom stereocenters. The topological polar surface area (TPSA) is 87.5 Å². The van der Waals surface area contributed by atoms with E-state index < -0.39 is 17.2 Å². The van der Waals surface area contributed by atoms with Crippen LogP contribution < -0.4 is 10.9 Å². The Bertz CT molecular complexity index is 801. The van der Waals surface area contributed by atoms with E-state index in [0.29, 0.717) is 12.2 Å². The Labute approximate surface area is 160 Å². The molecular formula is C18H23BrN4O3. The van der Waals surface area contributed by atoms with Crippen molar-refractivity contribution in [2.75, 3.05) is 26.2 Å². The molecule has 0 spiro atoms. The van der Waals surface area contributed by atoms with Crippen molar-refractivity contribution in [3.8, 4) is 11.4 Å². The van der Waals surface area contributed by atoms with Crippen molar-refractivity contribution in [2.45, 2.75) is 20.3 Å². The van der Waals surface area contributed by atoms with Crippen molar-refractivity contribution in [3.63, 3.8) is 0 Å². The number of aromatic hydroxyl groups is 1. The molecule has 8 heteroatoms. The van der Waals surface area contributed by atoms with E-state index in [9.17, 15) is 14.7 Å². The van der Waals surface area contributed by atoms with E-state index in [0.717, 1.165) is 41.3 Å². The Kier molecular flexibility index (Phi) is 7.35. The van der Waals surface area contributed by atoms with Crippen molar-refractivity contribution in [1.29, 1.82) is 0 Å². The Morgan fingerprint density at radius 2 is 1.92 bits per heavy atom. The smallest absolute Gasteiger partial charge is 0.275 e. The van der Waals surface area contributed by atoms with Gasteiger partial charge in [-0.15, -0.1) is 0 Å². The van der Waals surface area contributed by atoms with Crippen LogP contribution >= 0.6 is 15.9 Å². The Morgan fingerprint density at radius 1 is 1.27 bits per heavy atom. The summed E-state index contributed by atoms with van der Waals surface area (Å²) in [5.41, 5.74) is -0.174. The van der Waals surface area contributed by atoms with E-state index in [2.05, 4.69) is 45.1 Å². The summed E-state index contributed by atoms with van der Waals surface area (Å²) in [5.74, 6) is -0.933. The summed E-state index contributed by atoms with van der Waals surface area (Å²) >= 11 is 3.33. The van der Waals surface area contributed by atoms with Crippen molar-refractivity contribution < 1.29 is 9.90 Å². The molecule has 140 valence electrons. The molecule has 1 aromatic heterocycles. The number of hydrogen-bond donors (Lipinski definition) is 2. The SMILES string of the molecule is CCN(CC)CCCNC(=O)c1nn(-c2ccc(Br)cc2)c(=O)cc1O. The van der Waals surface area contributed by atoms with Gasteiger partial charge in [0.25, 0.3) is 11.5 Å². The third-order valence-corrected chi connectivity index (χ3v) is 4.56. The quantitative estimate of drug-likeness (QED) is 0.636. The Hall–Kier alpha value is -2.19. The van der Waals surface area contributed by atoms with Gasteiger partial charge in [0.2, 0.25) is 0 Å². The maximum Gasteiger partial charge on any atom is 0.275 e. The standard InChI is InChI=1S/C18H23BrN4O3/c1-3-22(4-2)11-5-10-20-18(26)17-15(24)12-16(25)23(21-17)14-8-6-13(19)7-9-14/h6-9,12,24H,3-5,10-11H2,1-2H3,(H,20,26). The number of carbonyl (C=O) groups is 1. The lowest BCUT2D eigenvalue weighted by molar-refractivity contribution is 0.0942. The summed E-state index contributed by atoms with van der Waals surface area (Å²) < 4.78 is 1.95. The number of nitrogens with zero attached hydrogens (tertiary/aromatic N) is 3. The first-order valence-corrected chi connectivity index (χ1v) is 9.35. The lowest BCUT2D eigenvalue weighted by atomic mass is 10.3. The zero-order chi connectivity index (χ0) is 19.1. The predicted octanol–water partition coefficient (Wildman–Crippen LogP) is 2.16. The number of amides is 1. The minimum Gasteiger partial charge on any atom is -0.505 e. The second-order valence-corrected chi connectivity index (χ2v) is 6.66. The van der Waals surface area contributed by atoms with Gasteiger partial charge >= 0.3 is 0 Å². The van der Waals surface area contributed by atoms with Crippen LogP contribution in [-0.2, 0) is 0 Å². The van der Waals surface area contributed by atoms with Gasteiger partial charge in [0.1, 0.15) is 0 Å². The highest BCUT2D eigenvalue weighted by molar-refractivity contribution is 9.10. The highest BCUT2D eigenvalue weighted by Gasteiger charge is 2.16. The van der Waals surface area contributed by atoms with Gasteiger partial charge in [-0.2, -0.15) is 9.78 Å². The molecule has 0 unspecified atom stereocenters. The minimum atomic E-state index is -0.511. The van der Waals surface area contributed by atoms with Gasteiger partial charge in [-0.3, -0.25) is 9.59 Å². The van der Waals surface area contributed by atoms with Crippen molar-refractivity contribution in [2.24, 2.45) is 0 Å². The molecule has 0 radical (unpaired) electrons. The van der Waals surface area contributed by atoms with Crippen molar-refractivity contribution in [1.82, 2.24) is 20.0 Å². The average molecular weight is 423 g/mol. The van der Waals surface area contributed by atoms with Gasteiger partial charge in [-0.05, 0) is 50.3 Å². The Balaban J connectivity index is 2.11. The molecule has 0 aliphatic rings. The third kappa shape index (κ3) is 5.15. The molecule has 1 heterocycles. The first-order valence-electron chi connectivity index (χ1n) is 8.56. The second kappa shape index (κ2) is 9.49. The van der Waals surface area contributed by atoms with Crippen LogP contribution in [0, 0.1) is 0 Å². The number of halogens is 1. The summed E-state index contributed by atoms with van der Waals surface area (Å²) in [4.78, 5) is 26.7. The monoisotopic (exact) mass is 422 g/mol. The Morgan fingerprint density at radius 3 is 2.54 bits per heavy atom. The molecule has 1 amide bonds. The molecular weight excluding hydrogens is 400 g/mol. The highest BCUT2D eigenvalue weighted by atomic mass is 79.9. The third-order valence-electron chi connectivity index (χ3n) is 4.03. The maximum atomic E-state index is 12.3. The van der Waals surface area contributed by atoms with Crippen LogP contribution in [0.1, 0.15) is 30.8 Å². The zero-order valence-electron chi connectivity index (χ0n) is 14.9. The average Bonchev–Trinajstić information content (AvgIpc) is 2.63. The van der Waals surface area contributed by atoms with Crippen LogP contribution in [0.15, 0.2) is 39.6 Å². The summed E-state index contributed by atoms with van der Waals surface area (Å²) in [6.45, 7) is 7.46. The van der Waals surface area contributed by atoms with Crippen LogP contribution in [-0.4, -0.2) is 51.9 Å². The minimum absolute atomic E-state index is 0.171. The van der Waals surface area contributed by atoms with Gasteiger partial charge in [0.05, 0.1) is 5.69 Å². The molecule has 2 N–H and O–H groups in total. The number of rotatable bonds is 8. The van der Waals surface area contributed by atoms with Gasteiger partial charge in [-0.1, -0.05) is 29.8 Å². The first kappa shape index (κ1) is 20.1. The van der Waals surface area contributed by atoms with Crippen molar-refractivity contribution in [3.05, 3.63) is 50.9 Å². The summed E-state index contributed by atoms with van der Waals surface area (Å²) in [6, 6.07) is 7.93.